The lowest BCUT2D eigenvalue weighted by molar-refractivity contribution is 1.54. The van der Waals surface area contributed by atoms with Crippen LogP contribution < -0.4 is 0 Å². The molecule has 4 heavy (non-hydrogen) atoms. The van der Waals surface area contributed by atoms with Crippen LogP contribution in [0.1, 0.15) is 1.43 Å². The molecule has 1 nitrogen and oxygen atoms in total. The Morgan fingerprint density at radius 3 is 2.50 bits per heavy atom. The van der Waals surface area contributed by atoms with Crippen LogP contribution in [0, 0.1) is 11.3 Å². The molecule has 0 aromatic heterocycles. The molecule has 0 rings (SSSR count). The maximum Gasteiger partial charge on any atom is 0.0905 e. The summed E-state index contributed by atoms with van der Waals surface area (Å²) in [6.07, 6.45) is 1.18. The largest absolute Gasteiger partial charge is 0.193 e. The Bertz CT molecular complexity index is 52.4. The fourth-order valence-corrected chi connectivity index (χ4v) is 0. The minimum Gasteiger partial charge on any atom is -0.193 e. The lowest BCUT2D eigenvalue weighted by Gasteiger charge is -1.31. The molecule has 0 saturated carbocycles. The van der Waals surface area contributed by atoms with Gasteiger partial charge < -0.3 is 0 Å². The van der Waals surface area contributed by atoms with Crippen LogP contribution in [0.15, 0.2) is 12.7 Å². The van der Waals surface area contributed by atoms with E-state index in [1.807, 2.05) is 0 Å². The lowest BCUT2D eigenvalue weighted by atomic mass is 10.8. The van der Waals surface area contributed by atoms with Crippen LogP contribution in [0.5, 0.6) is 0 Å². The highest BCUT2D eigenvalue weighted by Crippen LogP contribution is 1.41. The monoisotopic (exact) mass is 54.0 g/mol. The van der Waals surface area contributed by atoms with E-state index in [9.17, 15) is 0 Å². The number of hydrogen-bond acceptors (Lipinski definition) is 1. The maximum atomic E-state index is 7.51. The van der Waals surface area contributed by atoms with Crippen molar-refractivity contribution in [3.8, 4) is 6.07 Å². The average molecular weight is 54.1 g/mol. The summed E-state index contributed by atoms with van der Waals surface area (Å²) in [7, 11) is 0. The summed E-state index contributed by atoms with van der Waals surface area (Å²) in [5.74, 6) is 0. The Hall–Kier alpha value is -0.770. The molecule has 0 aliphatic heterocycles. The van der Waals surface area contributed by atoms with Gasteiger partial charge >= 0.3 is 0 Å². The summed E-state index contributed by atoms with van der Waals surface area (Å²) in [5, 5.41) is 7.51. The number of allylic oxidation sites excluding steroid dienone is 1. The third kappa shape index (κ3) is 1.23. The van der Waals surface area contributed by atoms with Gasteiger partial charge in [-0.1, -0.05) is 6.58 Å². The average Bonchev–Trinajstić information content (AvgIpc) is 1.37. The van der Waals surface area contributed by atoms with Gasteiger partial charge in [-0.05, 0) is 0 Å². The molecule has 0 N–H and O–H groups in total. The van der Waals surface area contributed by atoms with Crippen LogP contribution in [0.25, 0.3) is 0 Å². The smallest absolute Gasteiger partial charge is 0.0905 e. The van der Waals surface area contributed by atoms with Crippen LogP contribution in [0.4, 0.5) is 0 Å². The predicted molar refractivity (Wildman–Crippen MR) is 16.9 cm³/mol. The molecule has 0 heterocycles. The van der Waals surface area contributed by atoms with Crippen molar-refractivity contribution in [2.45, 2.75) is 0 Å². The maximum absolute atomic E-state index is 7.51. The van der Waals surface area contributed by atoms with E-state index < -0.39 is 0 Å². The van der Waals surface area contributed by atoms with Crippen molar-refractivity contribution in [3.05, 3.63) is 12.7 Å². The second-order valence-corrected chi connectivity index (χ2v) is 0.333. The van der Waals surface area contributed by atoms with Gasteiger partial charge in [0, 0.05) is 7.50 Å². The van der Waals surface area contributed by atoms with Crippen LogP contribution in [0.2, 0.25) is 0 Å². The van der Waals surface area contributed by atoms with Gasteiger partial charge in [0.05, 0.1) is 6.07 Å². The van der Waals surface area contributed by atoms with Crippen molar-refractivity contribution in [1.82, 2.24) is 0 Å². The standard InChI is InChI=1S/C3H3N.H/c1-2-3-4;/h2H,1H2;. The molecule has 0 fully saturated rings. The second kappa shape index (κ2) is 2.23. The number of nitrogens with zero attached hydrogens (tertiary/aromatic N) is 1. The van der Waals surface area contributed by atoms with E-state index in [4.69, 9.17) is 5.26 Å². The second-order valence-electron chi connectivity index (χ2n) is 0.333. The van der Waals surface area contributed by atoms with Gasteiger partial charge in [-0.25, -0.2) is 0 Å². The Labute approximate surface area is 26.7 Å². The first-order valence-electron chi connectivity index (χ1n) is 0.921. The first-order valence-corrected chi connectivity index (χ1v) is 0.921. The number of rotatable bonds is 0. The Morgan fingerprint density at radius 1 is 2.25 bits per heavy atom. The molecule has 0 aromatic carbocycles. The first kappa shape index (κ1) is 3.23. The van der Waals surface area contributed by atoms with Crippen molar-refractivity contribution in [2.75, 3.05) is 0 Å². The summed E-state index contributed by atoms with van der Waals surface area (Å²) in [6, 6.07) is 1.69. The Morgan fingerprint density at radius 2 is 2.50 bits per heavy atom. The van der Waals surface area contributed by atoms with Gasteiger partial charge in [0.15, 0.2) is 0 Å². The molecule has 0 saturated heterocycles. The molecule has 0 amide bonds. The molecular weight excluding hydrogens is 50.0 g/mol. The molecule has 0 bridgehead atoms. The van der Waals surface area contributed by atoms with E-state index in [2.05, 4.69) is 6.58 Å². The van der Waals surface area contributed by atoms with E-state index in [0.717, 1.165) is 0 Å². The van der Waals surface area contributed by atoms with E-state index in [-0.39, 0.29) is 1.43 Å². The normalized spacial score (nSPS) is 3.75. The highest BCUT2D eigenvalue weighted by Gasteiger charge is 1.34. The number of nitriles is 1. The summed E-state index contributed by atoms with van der Waals surface area (Å²) in [4.78, 5) is 0. The summed E-state index contributed by atoms with van der Waals surface area (Å²) in [5.41, 5.74) is 0. The fourth-order valence-electron chi connectivity index (χ4n) is 0. The molecular formula is C3H4N. The predicted octanol–water partition coefficient (Wildman–Crippen LogP) is 0.808. The molecule has 1 radical (unpaired) electrons. The molecule has 0 aromatic rings. The topological polar surface area (TPSA) is 23.8 Å². The van der Waals surface area contributed by atoms with Crippen molar-refractivity contribution in [2.24, 2.45) is 0 Å². The van der Waals surface area contributed by atoms with E-state index in [1.54, 1.807) is 6.07 Å². The van der Waals surface area contributed by atoms with Crippen LogP contribution in [-0.2, 0) is 0 Å². The lowest BCUT2D eigenvalue weighted by Crippen LogP contribution is -1.23. The van der Waals surface area contributed by atoms with E-state index in [0.29, 0.717) is 0 Å². The minimum absolute atomic E-state index is 0. The molecule has 21 valence electrons. The fraction of sp³-hybridized carbons (Fsp3) is 0. The highest BCUT2D eigenvalue weighted by atomic mass is 14.2. The first-order chi connectivity index (χ1) is 1.91. The summed E-state index contributed by atoms with van der Waals surface area (Å²) in [6.45, 7) is 3.12. The summed E-state index contributed by atoms with van der Waals surface area (Å²) < 4.78 is 0. The summed E-state index contributed by atoms with van der Waals surface area (Å²) >= 11 is 0. The Balaban J connectivity index is 0. The van der Waals surface area contributed by atoms with E-state index >= 15 is 0 Å². The zero-order chi connectivity index (χ0) is 3.41. The third-order valence-corrected chi connectivity index (χ3v) is 0.0913. The third-order valence-electron chi connectivity index (χ3n) is 0.0913. The molecule has 0 aliphatic rings. The van der Waals surface area contributed by atoms with Gasteiger partial charge in [0.1, 0.15) is 0 Å². The molecule has 0 atom stereocenters. The van der Waals surface area contributed by atoms with Gasteiger partial charge in [-0.2, -0.15) is 5.26 Å². The van der Waals surface area contributed by atoms with Crippen molar-refractivity contribution >= 4 is 0 Å². The van der Waals surface area contributed by atoms with Crippen molar-refractivity contribution < 1.29 is 1.43 Å². The minimum atomic E-state index is 0. The molecule has 0 aliphatic carbocycles. The van der Waals surface area contributed by atoms with E-state index in [1.165, 1.54) is 6.08 Å². The van der Waals surface area contributed by atoms with Crippen LogP contribution >= 0.6 is 0 Å². The van der Waals surface area contributed by atoms with Crippen molar-refractivity contribution in [1.29, 1.82) is 5.26 Å². The quantitative estimate of drug-likeness (QED) is 0.375. The van der Waals surface area contributed by atoms with Gasteiger partial charge in [0.25, 0.3) is 0 Å². The Kier molecular flexibility index (Phi) is 1.80. The highest BCUT2D eigenvalue weighted by molar-refractivity contribution is 4.93. The molecule has 0 unspecified atom stereocenters. The number of hydrogen-bond donors (Lipinski definition) is 0. The SMILES string of the molecule is C=CC#N.[H]. The van der Waals surface area contributed by atoms with Crippen molar-refractivity contribution in [3.63, 3.8) is 0 Å². The van der Waals surface area contributed by atoms with Crippen LogP contribution in [0.3, 0.4) is 0 Å². The van der Waals surface area contributed by atoms with Gasteiger partial charge in [-0.15, -0.1) is 0 Å². The van der Waals surface area contributed by atoms with Gasteiger partial charge in [0.2, 0.25) is 0 Å². The zero-order valence-electron chi connectivity index (χ0n) is 3.23. The molecule has 1 heteroatoms. The zero-order valence-corrected chi connectivity index (χ0v) is 2.23. The molecule has 0 spiro atoms. The van der Waals surface area contributed by atoms with Gasteiger partial charge in [-0.3, -0.25) is 0 Å². The van der Waals surface area contributed by atoms with Crippen LogP contribution in [-0.4, -0.2) is 0 Å².